The molecule has 1 aliphatic heterocycles. The Balaban J connectivity index is 1.32. The van der Waals surface area contributed by atoms with Gasteiger partial charge in [0.15, 0.2) is 15.6 Å². The fraction of sp³-hybridized carbons (Fsp3) is 0.348. The van der Waals surface area contributed by atoms with Gasteiger partial charge in [0.25, 0.3) is 0 Å². The number of rotatable bonds is 6. The summed E-state index contributed by atoms with van der Waals surface area (Å²) in [5.74, 6) is -0.319. The number of anilines is 1. The Bertz CT molecular complexity index is 1260. The van der Waals surface area contributed by atoms with E-state index in [1.807, 2.05) is 31.2 Å². The second kappa shape index (κ2) is 8.99. The van der Waals surface area contributed by atoms with Crippen molar-refractivity contribution < 1.29 is 18.0 Å². The van der Waals surface area contributed by atoms with Gasteiger partial charge in [0.1, 0.15) is 0 Å². The van der Waals surface area contributed by atoms with Crippen LogP contribution < -0.4 is 4.90 Å². The average Bonchev–Trinajstić information content (AvgIpc) is 3.17. The molecule has 2 heterocycles. The van der Waals surface area contributed by atoms with E-state index < -0.39 is 9.84 Å². The number of sulfone groups is 1. The highest BCUT2D eigenvalue weighted by molar-refractivity contribution is 7.91. The molecule has 0 radical (unpaired) electrons. The number of carbonyl (C=O) groups excluding carboxylic acids is 2. The molecule has 3 aromatic rings. The molecule has 0 unspecified atom stereocenters. The number of piperazine rings is 1. The Morgan fingerprint density at radius 1 is 1.03 bits per heavy atom. The summed E-state index contributed by atoms with van der Waals surface area (Å²) in [5.41, 5.74) is 2.48. The number of aryl methyl sites for hydroxylation is 1. The Labute approximate surface area is 191 Å². The largest absolute Gasteiger partial charge is 0.368 e. The van der Waals surface area contributed by atoms with Crippen molar-refractivity contribution >= 4 is 48.8 Å². The van der Waals surface area contributed by atoms with Crippen LogP contribution in [0.2, 0.25) is 0 Å². The van der Waals surface area contributed by atoms with Gasteiger partial charge in [-0.1, -0.05) is 0 Å². The molecule has 0 bridgehead atoms. The first kappa shape index (κ1) is 22.4. The molecule has 0 saturated carbocycles. The van der Waals surface area contributed by atoms with E-state index in [1.165, 1.54) is 18.3 Å². The van der Waals surface area contributed by atoms with Crippen molar-refractivity contribution in [2.24, 2.45) is 0 Å². The lowest BCUT2D eigenvalue weighted by Gasteiger charge is -2.36. The molecule has 0 N–H and O–H groups in total. The number of benzene rings is 2. The molecule has 32 heavy (non-hydrogen) atoms. The molecule has 1 fully saturated rings. The van der Waals surface area contributed by atoms with E-state index in [0.717, 1.165) is 20.9 Å². The minimum Gasteiger partial charge on any atom is -0.368 e. The van der Waals surface area contributed by atoms with Crippen molar-refractivity contribution in [1.29, 1.82) is 0 Å². The number of amides is 1. The van der Waals surface area contributed by atoms with Crippen LogP contribution in [-0.4, -0.2) is 61.9 Å². The lowest BCUT2D eigenvalue weighted by atomic mass is 10.1. The number of thiazole rings is 1. The highest BCUT2D eigenvalue weighted by Crippen LogP contribution is 2.25. The van der Waals surface area contributed by atoms with E-state index in [-0.39, 0.29) is 28.8 Å². The Hall–Kier alpha value is -2.78. The lowest BCUT2D eigenvalue weighted by Crippen LogP contribution is -2.49. The van der Waals surface area contributed by atoms with Gasteiger partial charge in [-0.15, -0.1) is 11.3 Å². The van der Waals surface area contributed by atoms with Crippen molar-refractivity contribution in [1.82, 2.24) is 9.88 Å². The fourth-order valence-corrected chi connectivity index (χ4v) is 6.03. The van der Waals surface area contributed by atoms with Crippen molar-refractivity contribution in [2.45, 2.75) is 25.2 Å². The summed E-state index contributed by atoms with van der Waals surface area (Å²) in [6, 6.07) is 12.4. The summed E-state index contributed by atoms with van der Waals surface area (Å²) in [6.45, 7) is 5.84. The van der Waals surface area contributed by atoms with E-state index in [2.05, 4.69) is 9.88 Å². The molecule has 0 atom stereocenters. The predicted octanol–water partition coefficient (Wildman–Crippen LogP) is 3.32. The predicted molar refractivity (Wildman–Crippen MR) is 126 cm³/mol. The molecule has 1 aromatic heterocycles. The van der Waals surface area contributed by atoms with Gasteiger partial charge < -0.3 is 9.80 Å². The zero-order chi connectivity index (χ0) is 22.9. The normalized spacial score (nSPS) is 14.7. The third-order valence-corrected chi connectivity index (χ3v) is 8.33. The smallest absolute Gasteiger partial charge is 0.223 e. The van der Waals surface area contributed by atoms with Crippen molar-refractivity contribution in [3.05, 3.63) is 53.0 Å². The van der Waals surface area contributed by atoms with Gasteiger partial charge in [0.05, 0.1) is 25.9 Å². The molecule has 0 spiro atoms. The van der Waals surface area contributed by atoms with Gasteiger partial charge in [-0.05, 0) is 56.3 Å². The number of Topliss-reactive ketones (excluding diaryl/α,β-unsaturated/α-hetero) is 1. The highest BCUT2D eigenvalue weighted by Gasteiger charge is 2.24. The van der Waals surface area contributed by atoms with E-state index >= 15 is 0 Å². The Morgan fingerprint density at radius 2 is 1.72 bits per heavy atom. The molecular formula is C23H25N3O4S2. The van der Waals surface area contributed by atoms with E-state index in [9.17, 15) is 18.0 Å². The van der Waals surface area contributed by atoms with Crippen molar-refractivity contribution in [2.75, 3.05) is 36.8 Å². The number of hydrogen-bond acceptors (Lipinski definition) is 7. The molecule has 1 amide bonds. The molecule has 2 aromatic carbocycles. The number of aromatic nitrogens is 1. The van der Waals surface area contributed by atoms with Crippen LogP contribution >= 0.6 is 11.3 Å². The zero-order valence-electron chi connectivity index (χ0n) is 18.1. The van der Waals surface area contributed by atoms with E-state index in [1.54, 1.807) is 23.1 Å². The number of carbonyl (C=O) groups is 2. The molecule has 4 rings (SSSR count). The van der Waals surface area contributed by atoms with Crippen LogP contribution in [0.15, 0.2) is 47.4 Å². The molecule has 7 nitrogen and oxygen atoms in total. The van der Waals surface area contributed by atoms with Crippen LogP contribution in [0.5, 0.6) is 0 Å². The topological polar surface area (TPSA) is 87.7 Å². The van der Waals surface area contributed by atoms with Gasteiger partial charge in [-0.3, -0.25) is 9.59 Å². The van der Waals surface area contributed by atoms with Crippen LogP contribution in [0, 0.1) is 6.92 Å². The molecule has 1 saturated heterocycles. The molecule has 9 heteroatoms. The summed E-state index contributed by atoms with van der Waals surface area (Å²) in [6.07, 6.45) is -0.0323. The second-order valence-electron chi connectivity index (χ2n) is 7.90. The van der Waals surface area contributed by atoms with Crippen LogP contribution in [0.4, 0.5) is 5.69 Å². The summed E-state index contributed by atoms with van der Waals surface area (Å²) in [4.78, 5) is 32.6. The van der Waals surface area contributed by atoms with Crippen LogP contribution in [0.1, 0.15) is 28.7 Å². The second-order valence-corrected chi connectivity index (χ2v) is 11.2. The summed E-state index contributed by atoms with van der Waals surface area (Å²) in [5, 5.41) is 0.888. The summed E-state index contributed by atoms with van der Waals surface area (Å²) < 4.78 is 26.4. The SMILES string of the molecule is CC(=O)c1ccc(N2CCN(C(=O)CCS(=O)(=O)c3ccc4nc(C)sc4c3)CC2)cc1. The quantitative estimate of drug-likeness (QED) is 0.513. The third-order valence-electron chi connectivity index (χ3n) is 5.68. The van der Waals surface area contributed by atoms with Crippen molar-refractivity contribution in [3.63, 3.8) is 0 Å². The molecule has 168 valence electrons. The highest BCUT2D eigenvalue weighted by atomic mass is 32.2. The maximum absolute atomic E-state index is 12.8. The molecule has 1 aliphatic rings. The number of fused-ring (bicyclic) bond motifs is 1. The van der Waals surface area contributed by atoms with E-state index in [4.69, 9.17) is 0 Å². The first-order valence-corrected chi connectivity index (χ1v) is 12.9. The first-order chi connectivity index (χ1) is 15.2. The van der Waals surface area contributed by atoms with Gasteiger partial charge in [-0.2, -0.15) is 0 Å². The van der Waals surface area contributed by atoms with Crippen LogP contribution in [0.25, 0.3) is 10.2 Å². The lowest BCUT2D eigenvalue weighted by molar-refractivity contribution is -0.131. The first-order valence-electron chi connectivity index (χ1n) is 10.5. The maximum Gasteiger partial charge on any atom is 0.223 e. The monoisotopic (exact) mass is 471 g/mol. The fourth-order valence-electron chi connectivity index (χ4n) is 3.83. The number of ketones is 1. The third kappa shape index (κ3) is 4.83. The van der Waals surface area contributed by atoms with Gasteiger partial charge in [0, 0.05) is 43.9 Å². The number of hydrogen-bond donors (Lipinski definition) is 0. The minimum absolute atomic E-state index is 0.0315. The Morgan fingerprint density at radius 3 is 2.38 bits per heavy atom. The van der Waals surface area contributed by atoms with E-state index in [0.29, 0.717) is 31.7 Å². The van der Waals surface area contributed by atoms with Crippen LogP contribution in [0.3, 0.4) is 0 Å². The van der Waals surface area contributed by atoms with Gasteiger partial charge >= 0.3 is 0 Å². The zero-order valence-corrected chi connectivity index (χ0v) is 19.7. The molecule has 0 aliphatic carbocycles. The van der Waals surface area contributed by atoms with Gasteiger partial charge in [-0.25, -0.2) is 13.4 Å². The van der Waals surface area contributed by atoms with Crippen molar-refractivity contribution in [3.8, 4) is 0 Å². The van der Waals surface area contributed by atoms with Crippen LogP contribution in [-0.2, 0) is 14.6 Å². The standard InChI is InChI=1S/C23H25N3O4S2/c1-16(27)18-3-5-19(6-4-18)25-10-12-26(13-11-25)23(28)9-14-32(29,30)20-7-8-21-22(15-20)31-17(2)24-21/h3-8,15H,9-14H2,1-2H3. The number of nitrogens with zero attached hydrogens (tertiary/aromatic N) is 3. The maximum atomic E-state index is 12.8. The summed E-state index contributed by atoms with van der Waals surface area (Å²) >= 11 is 1.46. The van der Waals surface area contributed by atoms with Gasteiger partial charge in [0.2, 0.25) is 5.91 Å². The Kier molecular flexibility index (Phi) is 6.30. The average molecular weight is 472 g/mol. The summed E-state index contributed by atoms with van der Waals surface area (Å²) in [7, 11) is -3.55. The minimum atomic E-state index is -3.55. The molecular weight excluding hydrogens is 446 g/mol.